The molecule has 39 heavy (non-hydrogen) atoms. The number of benzene rings is 2. The molecular formula is C28H29N5O4S2. The van der Waals surface area contributed by atoms with E-state index in [0.29, 0.717) is 34.4 Å². The maximum atomic E-state index is 12.8. The molecule has 0 saturated heterocycles. The predicted molar refractivity (Wildman–Crippen MR) is 155 cm³/mol. The number of rotatable bonds is 11. The summed E-state index contributed by atoms with van der Waals surface area (Å²) in [6.07, 6.45) is 1.27. The number of amides is 2. The maximum absolute atomic E-state index is 12.8. The fourth-order valence-electron chi connectivity index (χ4n) is 3.58. The molecule has 11 heteroatoms. The van der Waals surface area contributed by atoms with Crippen molar-refractivity contribution in [3.8, 4) is 21.1 Å². The van der Waals surface area contributed by atoms with Gasteiger partial charge < -0.3 is 20.3 Å². The molecule has 0 fully saturated rings. The van der Waals surface area contributed by atoms with Crippen LogP contribution in [0.4, 0.5) is 11.4 Å². The summed E-state index contributed by atoms with van der Waals surface area (Å²) in [7, 11) is 3.97. The minimum Gasteiger partial charge on any atom is -0.461 e. The fourth-order valence-corrected chi connectivity index (χ4v) is 5.18. The lowest BCUT2D eigenvalue weighted by molar-refractivity contribution is -0.116. The number of carbonyl (C=O) groups excluding carboxylic acids is 3. The summed E-state index contributed by atoms with van der Waals surface area (Å²) in [5.74, 6) is -0.773. The summed E-state index contributed by atoms with van der Waals surface area (Å²) in [4.78, 5) is 47.6. The van der Waals surface area contributed by atoms with Crippen molar-refractivity contribution in [2.45, 2.75) is 19.8 Å². The van der Waals surface area contributed by atoms with Gasteiger partial charge in [0.05, 0.1) is 6.61 Å². The number of hydrogen-bond donors (Lipinski definition) is 2. The first-order valence-corrected chi connectivity index (χ1v) is 14.1. The number of hydrogen-bond acceptors (Lipinski definition) is 9. The Hall–Kier alpha value is -3.93. The van der Waals surface area contributed by atoms with Crippen LogP contribution in [0.5, 0.6) is 0 Å². The second-order valence-electron chi connectivity index (χ2n) is 8.86. The van der Waals surface area contributed by atoms with Gasteiger partial charge >= 0.3 is 5.97 Å². The van der Waals surface area contributed by atoms with E-state index in [2.05, 4.69) is 25.5 Å². The first kappa shape index (κ1) is 28.1. The molecule has 2 N–H and O–H groups in total. The fraction of sp³-hybridized carbons (Fsp3) is 0.250. The van der Waals surface area contributed by atoms with Crippen LogP contribution in [-0.4, -0.2) is 59.9 Å². The molecule has 0 atom stereocenters. The first-order valence-electron chi connectivity index (χ1n) is 12.4. The topological polar surface area (TPSA) is 114 Å². The van der Waals surface area contributed by atoms with Crippen molar-refractivity contribution in [3.05, 3.63) is 70.7 Å². The summed E-state index contributed by atoms with van der Waals surface area (Å²) in [5.41, 5.74) is 3.63. The van der Waals surface area contributed by atoms with Gasteiger partial charge in [-0.15, -0.1) is 22.7 Å². The van der Waals surface area contributed by atoms with Crippen molar-refractivity contribution < 1.29 is 19.1 Å². The van der Waals surface area contributed by atoms with E-state index in [4.69, 9.17) is 4.74 Å². The third kappa shape index (κ3) is 7.79. The number of nitrogens with one attached hydrogen (secondary N) is 2. The minimum absolute atomic E-state index is 0.0149. The quantitative estimate of drug-likeness (QED) is 0.227. The summed E-state index contributed by atoms with van der Waals surface area (Å²) in [6.45, 7) is 2.91. The lowest BCUT2D eigenvalue weighted by Gasteiger charge is -2.09. The van der Waals surface area contributed by atoms with Crippen molar-refractivity contribution in [2.75, 3.05) is 37.9 Å². The molecule has 0 radical (unpaired) electrons. The summed E-state index contributed by atoms with van der Waals surface area (Å²) < 4.78 is 4.98. The van der Waals surface area contributed by atoms with Crippen molar-refractivity contribution in [1.29, 1.82) is 0 Å². The van der Waals surface area contributed by atoms with Crippen LogP contribution in [0.2, 0.25) is 0 Å². The van der Waals surface area contributed by atoms with E-state index in [9.17, 15) is 14.4 Å². The van der Waals surface area contributed by atoms with E-state index in [0.717, 1.165) is 29.8 Å². The second-order valence-corrected chi connectivity index (χ2v) is 10.6. The van der Waals surface area contributed by atoms with Gasteiger partial charge in [-0.05, 0) is 82.5 Å². The van der Waals surface area contributed by atoms with Gasteiger partial charge in [-0.2, -0.15) is 0 Å². The highest BCUT2D eigenvalue weighted by atomic mass is 32.1. The molecular weight excluding hydrogens is 534 g/mol. The van der Waals surface area contributed by atoms with Gasteiger partial charge in [0.25, 0.3) is 5.91 Å². The molecule has 0 unspecified atom stereocenters. The molecule has 9 nitrogen and oxygen atoms in total. The molecule has 4 rings (SSSR count). The standard InChI is InChI=1S/C28H29N5O4S2/c1-4-37-28(36)23-17-39-27(32-23)19-9-13-21(14-10-19)30-25(35)22-16-38-26(31-22)18-7-11-20(12-8-18)29-24(34)6-5-15-33(2)3/h7-14,16-17H,4-6,15H2,1-3H3,(H,29,34)(H,30,35). The smallest absolute Gasteiger partial charge is 0.357 e. The second kappa shape index (κ2) is 13.2. The van der Waals surface area contributed by atoms with Gasteiger partial charge in [0, 0.05) is 39.7 Å². The van der Waals surface area contributed by atoms with Gasteiger partial charge in [0.1, 0.15) is 15.7 Å². The Kier molecular flexibility index (Phi) is 9.53. The Bertz CT molecular complexity index is 1430. The molecule has 2 amide bonds. The summed E-state index contributed by atoms with van der Waals surface area (Å²) in [5, 5.41) is 10.5. The van der Waals surface area contributed by atoms with Gasteiger partial charge in [-0.1, -0.05) is 0 Å². The lowest BCUT2D eigenvalue weighted by Crippen LogP contribution is -2.17. The van der Waals surface area contributed by atoms with E-state index < -0.39 is 5.97 Å². The van der Waals surface area contributed by atoms with Crippen LogP contribution in [0.25, 0.3) is 21.1 Å². The zero-order valence-corrected chi connectivity index (χ0v) is 23.5. The van der Waals surface area contributed by atoms with Gasteiger partial charge in [-0.25, -0.2) is 14.8 Å². The van der Waals surface area contributed by atoms with Crippen LogP contribution in [0, 0.1) is 0 Å². The molecule has 202 valence electrons. The van der Waals surface area contributed by atoms with Gasteiger partial charge in [0.2, 0.25) is 5.91 Å². The molecule has 2 heterocycles. The Morgan fingerprint density at radius 3 is 1.92 bits per heavy atom. The number of esters is 1. The molecule has 0 aliphatic rings. The number of nitrogens with zero attached hydrogens (tertiary/aromatic N) is 3. The largest absolute Gasteiger partial charge is 0.461 e. The van der Waals surface area contributed by atoms with Crippen molar-refractivity contribution in [1.82, 2.24) is 14.9 Å². The van der Waals surface area contributed by atoms with E-state index in [1.807, 2.05) is 50.5 Å². The Labute approximate surface area is 234 Å². The van der Waals surface area contributed by atoms with Crippen molar-refractivity contribution >= 4 is 51.8 Å². The number of ether oxygens (including phenoxy) is 1. The van der Waals surface area contributed by atoms with Crippen LogP contribution in [0.1, 0.15) is 40.7 Å². The van der Waals surface area contributed by atoms with E-state index in [1.54, 1.807) is 29.8 Å². The Morgan fingerprint density at radius 2 is 1.36 bits per heavy atom. The molecule has 4 aromatic rings. The molecule has 0 aliphatic heterocycles. The number of aromatic nitrogens is 2. The van der Waals surface area contributed by atoms with Gasteiger partial charge in [-0.3, -0.25) is 9.59 Å². The highest BCUT2D eigenvalue weighted by Gasteiger charge is 2.15. The summed E-state index contributed by atoms with van der Waals surface area (Å²) in [6, 6.07) is 14.6. The van der Waals surface area contributed by atoms with Crippen molar-refractivity contribution in [3.63, 3.8) is 0 Å². The molecule has 0 bridgehead atoms. The van der Waals surface area contributed by atoms with E-state index >= 15 is 0 Å². The Balaban J connectivity index is 1.32. The highest BCUT2D eigenvalue weighted by molar-refractivity contribution is 7.13. The van der Waals surface area contributed by atoms with Gasteiger partial charge in [0.15, 0.2) is 5.69 Å². The summed E-state index contributed by atoms with van der Waals surface area (Å²) >= 11 is 2.73. The van der Waals surface area contributed by atoms with Crippen LogP contribution in [0.15, 0.2) is 59.3 Å². The Morgan fingerprint density at radius 1 is 0.821 bits per heavy atom. The molecule has 0 saturated carbocycles. The minimum atomic E-state index is -0.444. The number of thiazole rings is 2. The SMILES string of the molecule is CCOC(=O)c1csc(-c2ccc(NC(=O)c3csc(-c4ccc(NC(=O)CCCN(C)C)cc4)n3)cc2)n1. The zero-order valence-electron chi connectivity index (χ0n) is 21.9. The number of anilines is 2. The predicted octanol–water partition coefficient (Wildman–Crippen LogP) is 5.64. The number of carbonyl (C=O) groups is 3. The van der Waals surface area contributed by atoms with Crippen molar-refractivity contribution in [2.24, 2.45) is 0 Å². The van der Waals surface area contributed by atoms with E-state index in [1.165, 1.54) is 22.7 Å². The molecule has 2 aromatic carbocycles. The maximum Gasteiger partial charge on any atom is 0.357 e. The highest BCUT2D eigenvalue weighted by Crippen LogP contribution is 2.27. The first-order chi connectivity index (χ1) is 18.8. The third-order valence-electron chi connectivity index (χ3n) is 5.54. The normalized spacial score (nSPS) is 10.9. The van der Waals surface area contributed by atoms with Crippen LogP contribution in [0.3, 0.4) is 0 Å². The molecule has 2 aromatic heterocycles. The third-order valence-corrected chi connectivity index (χ3v) is 7.32. The molecule has 0 aliphatic carbocycles. The zero-order chi connectivity index (χ0) is 27.8. The lowest BCUT2D eigenvalue weighted by atomic mass is 10.2. The van der Waals surface area contributed by atoms with Crippen LogP contribution >= 0.6 is 22.7 Å². The average Bonchev–Trinajstić information content (AvgIpc) is 3.61. The van der Waals surface area contributed by atoms with Crippen LogP contribution in [-0.2, 0) is 9.53 Å². The van der Waals surface area contributed by atoms with Crippen LogP contribution < -0.4 is 10.6 Å². The monoisotopic (exact) mass is 563 g/mol. The average molecular weight is 564 g/mol. The molecule has 0 spiro atoms. The van der Waals surface area contributed by atoms with E-state index in [-0.39, 0.29) is 17.5 Å².